The molecule has 0 bridgehead atoms. The molecule has 0 aliphatic carbocycles. The molecule has 0 fully saturated rings. The van der Waals surface area contributed by atoms with Crippen molar-refractivity contribution in [2.75, 3.05) is 0 Å². The lowest BCUT2D eigenvalue weighted by Gasteiger charge is -2.13. The average Bonchev–Trinajstić information content (AvgIpc) is 3.08. The number of aromatic nitrogens is 1. The molecule has 116 valence electrons. The SMILES string of the molecule is ON=Cc1cccc(OCc2cscn2)c1-c1ccc(Cl)cc1. The Hall–Kier alpha value is -2.37. The second-order valence-corrected chi connectivity index (χ2v) is 5.90. The molecule has 23 heavy (non-hydrogen) atoms. The summed E-state index contributed by atoms with van der Waals surface area (Å²) in [6, 6.07) is 13.0. The lowest BCUT2D eigenvalue weighted by Crippen LogP contribution is -1.99. The second-order valence-electron chi connectivity index (χ2n) is 4.74. The van der Waals surface area contributed by atoms with Crippen LogP contribution < -0.4 is 4.74 Å². The first-order chi connectivity index (χ1) is 11.3. The van der Waals surface area contributed by atoms with Gasteiger partial charge in [-0.3, -0.25) is 0 Å². The Morgan fingerprint density at radius 2 is 2.04 bits per heavy atom. The summed E-state index contributed by atoms with van der Waals surface area (Å²) < 4.78 is 5.92. The third kappa shape index (κ3) is 3.70. The third-order valence-corrected chi connectivity index (χ3v) is 4.13. The second kappa shape index (κ2) is 7.26. The quantitative estimate of drug-likeness (QED) is 0.409. The summed E-state index contributed by atoms with van der Waals surface area (Å²) in [5.74, 6) is 0.692. The van der Waals surface area contributed by atoms with Crippen LogP contribution >= 0.6 is 22.9 Å². The normalized spacial score (nSPS) is 11.0. The fourth-order valence-electron chi connectivity index (χ4n) is 2.22. The van der Waals surface area contributed by atoms with Gasteiger partial charge in [-0.25, -0.2) is 4.98 Å². The van der Waals surface area contributed by atoms with Crippen molar-refractivity contribution in [1.29, 1.82) is 0 Å². The van der Waals surface area contributed by atoms with E-state index in [2.05, 4.69) is 10.1 Å². The summed E-state index contributed by atoms with van der Waals surface area (Å²) in [5.41, 5.74) is 5.17. The molecule has 2 aromatic carbocycles. The van der Waals surface area contributed by atoms with Crippen molar-refractivity contribution in [3.63, 3.8) is 0 Å². The van der Waals surface area contributed by atoms with Crippen molar-refractivity contribution >= 4 is 29.2 Å². The highest BCUT2D eigenvalue weighted by Crippen LogP contribution is 2.34. The van der Waals surface area contributed by atoms with Crippen LogP contribution in [0.4, 0.5) is 0 Å². The van der Waals surface area contributed by atoms with E-state index in [9.17, 15) is 0 Å². The van der Waals surface area contributed by atoms with Gasteiger partial charge in [0.2, 0.25) is 0 Å². The van der Waals surface area contributed by atoms with Crippen molar-refractivity contribution in [2.24, 2.45) is 5.16 Å². The standard InChI is InChI=1S/C17H13ClN2O2S/c18-14-6-4-12(5-7-14)17-13(8-20-21)2-1-3-16(17)22-9-15-10-23-11-19-15/h1-8,10-11,21H,9H2. The van der Waals surface area contributed by atoms with Crippen molar-refractivity contribution in [3.8, 4) is 16.9 Å². The summed E-state index contributed by atoms with van der Waals surface area (Å²) in [6.45, 7) is 0.379. The maximum absolute atomic E-state index is 8.91. The number of nitrogens with zero attached hydrogens (tertiary/aromatic N) is 2. The predicted molar refractivity (Wildman–Crippen MR) is 92.7 cm³/mol. The Morgan fingerprint density at radius 3 is 2.74 bits per heavy atom. The molecule has 6 heteroatoms. The predicted octanol–water partition coefficient (Wildman–Crippen LogP) is 4.85. The molecule has 0 saturated carbocycles. The molecule has 3 rings (SSSR count). The first-order valence-electron chi connectivity index (χ1n) is 6.84. The molecule has 0 amide bonds. The van der Waals surface area contributed by atoms with E-state index in [4.69, 9.17) is 21.5 Å². The zero-order valence-corrected chi connectivity index (χ0v) is 13.6. The highest BCUT2D eigenvalue weighted by Gasteiger charge is 2.12. The lowest BCUT2D eigenvalue weighted by atomic mass is 9.99. The van der Waals surface area contributed by atoms with Gasteiger partial charge in [-0.05, 0) is 23.8 Å². The minimum absolute atomic E-state index is 0.379. The van der Waals surface area contributed by atoms with Gasteiger partial charge in [0.05, 0.1) is 17.4 Å². The molecule has 1 heterocycles. The molecule has 0 radical (unpaired) electrons. The molecule has 4 nitrogen and oxygen atoms in total. The number of hydrogen-bond acceptors (Lipinski definition) is 5. The van der Waals surface area contributed by atoms with Gasteiger partial charge in [0, 0.05) is 21.5 Å². The molecule has 0 aliphatic rings. The molecule has 1 N–H and O–H groups in total. The highest BCUT2D eigenvalue weighted by atomic mass is 35.5. The van der Waals surface area contributed by atoms with E-state index in [1.54, 1.807) is 5.51 Å². The summed E-state index contributed by atoms with van der Waals surface area (Å²) >= 11 is 7.49. The number of halogens is 1. The van der Waals surface area contributed by atoms with E-state index < -0.39 is 0 Å². The highest BCUT2D eigenvalue weighted by molar-refractivity contribution is 7.07. The van der Waals surface area contributed by atoms with Crippen molar-refractivity contribution in [1.82, 2.24) is 4.98 Å². The number of ether oxygens (including phenoxy) is 1. The first-order valence-corrected chi connectivity index (χ1v) is 8.16. The Bertz CT molecular complexity index is 802. The molecule has 0 spiro atoms. The van der Waals surface area contributed by atoms with Crippen LogP contribution in [0.15, 0.2) is 58.5 Å². The van der Waals surface area contributed by atoms with Crippen LogP contribution in [0.5, 0.6) is 5.75 Å². The number of rotatable bonds is 5. The first kappa shape index (κ1) is 15.5. The molecule has 3 aromatic rings. The maximum Gasteiger partial charge on any atom is 0.131 e. The van der Waals surface area contributed by atoms with Crippen LogP contribution in [0.25, 0.3) is 11.1 Å². The van der Waals surface area contributed by atoms with E-state index in [0.29, 0.717) is 17.4 Å². The molecular weight excluding hydrogens is 332 g/mol. The fraction of sp³-hybridized carbons (Fsp3) is 0.0588. The Labute approximate surface area is 142 Å². The molecule has 0 unspecified atom stereocenters. The molecule has 0 aliphatic heterocycles. The molecule has 0 saturated heterocycles. The number of hydrogen-bond donors (Lipinski definition) is 1. The topological polar surface area (TPSA) is 54.7 Å². The summed E-state index contributed by atoms with van der Waals surface area (Å²) in [6.07, 6.45) is 1.39. The van der Waals surface area contributed by atoms with E-state index >= 15 is 0 Å². The summed E-state index contributed by atoms with van der Waals surface area (Å²) in [5, 5.41) is 14.7. The average molecular weight is 345 g/mol. The third-order valence-electron chi connectivity index (χ3n) is 3.25. The number of benzene rings is 2. The van der Waals surface area contributed by atoms with Gasteiger partial charge in [0.15, 0.2) is 0 Å². The number of thiazole rings is 1. The minimum Gasteiger partial charge on any atom is -0.487 e. The molecule has 0 atom stereocenters. The maximum atomic E-state index is 8.91. The van der Waals surface area contributed by atoms with E-state index in [0.717, 1.165) is 22.4 Å². The van der Waals surface area contributed by atoms with Crippen LogP contribution in [-0.2, 0) is 6.61 Å². The zero-order chi connectivity index (χ0) is 16.1. The van der Waals surface area contributed by atoms with Gasteiger partial charge < -0.3 is 9.94 Å². The van der Waals surface area contributed by atoms with E-state index in [-0.39, 0.29) is 0 Å². The van der Waals surface area contributed by atoms with E-state index in [1.807, 2.05) is 47.8 Å². The smallest absolute Gasteiger partial charge is 0.131 e. The van der Waals surface area contributed by atoms with Crippen LogP contribution in [-0.4, -0.2) is 16.4 Å². The van der Waals surface area contributed by atoms with Gasteiger partial charge in [0.1, 0.15) is 12.4 Å². The zero-order valence-electron chi connectivity index (χ0n) is 12.0. The Kier molecular flexibility index (Phi) is 4.90. The van der Waals surface area contributed by atoms with Crippen molar-refractivity contribution in [3.05, 3.63) is 69.6 Å². The monoisotopic (exact) mass is 344 g/mol. The van der Waals surface area contributed by atoms with E-state index in [1.165, 1.54) is 17.6 Å². The van der Waals surface area contributed by atoms with Crippen LogP contribution in [0, 0.1) is 0 Å². The van der Waals surface area contributed by atoms with Gasteiger partial charge in [-0.2, -0.15) is 0 Å². The van der Waals surface area contributed by atoms with Crippen LogP contribution in [0.3, 0.4) is 0 Å². The van der Waals surface area contributed by atoms with Gasteiger partial charge in [0.25, 0.3) is 0 Å². The van der Waals surface area contributed by atoms with Crippen molar-refractivity contribution in [2.45, 2.75) is 6.61 Å². The minimum atomic E-state index is 0.379. The van der Waals surface area contributed by atoms with Crippen LogP contribution in [0.1, 0.15) is 11.3 Å². The largest absolute Gasteiger partial charge is 0.487 e. The Balaban J connectivity index is 2.00. The van der Waals surface area contributed by atoms with Gasteiger partial charge >= 0.3 is 0 Å². The Morgan fingerprint density at radius 1 is 1.22 bits per heavy atom. The summed E-state index contributed by atoms with van der Waals surface area (Å²) in [7, 11) is 0. The summed E-state index contributed by atoms with van der Waals surface area (Å²) in [4.78, 5) is 4.21. The van der Waals surface area contributed by atoms with Gasteiger partial charge in [-0.15, -0.1) is 11.3 Å². The number of oxime groups is 1. The van der Waals surface area contributed by atoms with Crippen molar-refractivity contribution < 1.29 is 9.94 Å². The molecular formula is C17H13ClN2O2S. The molecule has 1 aromatic heterocycles. The lowest BCUT2D eigenvalue weighted by molar-refractivity contribution is 0.303. The van der Waals surface area contributed by atoms with Crippen LogP contribution in [0.2, 0.25) is 5.02 Å². The fourth-order valence-corrected chi connectivity index (χ4v) is 2.89. The van der Waals surface area contributed by atoms with Gasteiger partial charge in [-0.1, -0.05) is 41.0 Å².